The van der Waals surface area contributed by atoms with Crippen molar-refractivity contribution in [1.29, 1.82) is 0 Å². The molecule has 3 nitrogen and oxygen atoms in total. The molecule has 0 aliphatic heterocycles. The summed E-state index contributed by atoms with van der Waals surface area (Å²) in [5, 5.41) is 2.55. The Bertz CT molecular complexity index is 55.5. The largest absolute Gasteiger partial charge is 0.345 e. The molecule has 38 valence electrons. The zero-order valence-electron chi connectivity index (χ0n) is 3.56. The molecule has 4 heteroatoms. The molecule has 0 saturated heterocycles. The molecular weight excluding hydrogens is 101 g/mol. The van der Waals surface area contributed by atoms with E-state index in [1.165, 1.54) is 0 Å². The lowest BCUT2D eigenvalue weighted by Crippen LogP contribution is -2.02. The minimum atomic E-state index is -2.25. The van der Waals surface area contributed by atoms with Crippen LogP contribution in [0.4, 0.5) is 0 Å². The van der Waals surface area contributed by atoms with Gasteiger partial charge in [-0.3, -0.25) is 4.57 Å². The SMILES string of the molecule is CNC[PH](=O)O. The number of rotatable bonds is 2. The van der Waals surface area contributed by atoms with E-state index >= 15 is 0 Å². The van der Waals surface area contributed by atoms with Crippen LogP contribution < -0.4 is 5.32 Å². The number of hydrogen-bond donors (Lipinski definition) is 2. The van der Waals surface area contributed by atoms with Crippen molar-refractivity contribution in [2.75, 3.05) is 13.3 Å². The van der Waals surface area contributed by atoms with E-state index in [4.69, 9.17) is 4.89 Å². The highest BCUT2D eigenvalue weighted by molar-refractivity contribution is 7.37. The van der Waals surface area contributed by atoms with Crippen LogP contribution in [0, 0.1) is 0 Å². The Kier molecular flexibility index (Phi) is 3.43. The first-order valence-corrected chi connectivity index (χ1v) is 3.20. The molecule has 0 heterocycles. The second-order valence-corrected chi connectivity index (χ2v) is 2.07. The molecule has 6 heavy (non-hydrogen) atoms. The molecule has 1 atom stereocenters. The fraction of sp³-hybridized carbons (Fsp3) is 1.00. The highest BCUT2D eigenvalue weighted by Gasteiger charge is 1.81. The smallest absolute Gasteiger partial charge is 0.202 e. The summed E-state index contributed by atoms with van der Waals surface area (Å²) in [6.07, 6.45) is 0.227. The summed E-state index contributed by atoms with van der Waals surface area (Å²) in [6.45, 7) is 0. The van der Waals surface area contributed by atoms with Gasteiger partial charge in [-0.15, -0.1) is 0 Å². The van der Waals surface area contributed by atoms with Gasteiger partial charge in [-0.05, 0) is 7.05 Å². The minimum Gasteiger partial charge on any atom is -0.345 e. The van der Waals surface area contributed by atoms with Crippen molar-refractivity contribution in [2.45, 2.75) is 0 Å². The second kappa shape index (κ2) is 3.34. The summed E-state index contributed by atoms with van der Waals surface area (Å²) in [4.78, 5) is 8.04. The molecule has 0 rings (SSSR count). The van der Waals surface area contributed by atoms with Gasteiger partial charge >= 0.3 is 0 Å². The van der Waals surface area contributed by atoms with Gasteiger partial charge < -0.3 is 10.2 Å². The first kappa shape index (κ1) is 6.15. The Morgan fingerprint density at radius 3 is 2.50 bits per heavy atom. The Morgan fingerprint density at radius 1 is 2.00 bits per heavy atom. The van der Waals surface area contributed by atoms with Crippen molar-refractivity contribution in [3.05, 3.63) is 0 Å². The minimum absolute atomic E-state index is 0.227. The average molecular weight is 109 g/mol. The van der Waals surface area contributed by atoms with Gasteiger partial charge in [-0.25, -0.2) is 0 Å². The van der Waals surface area contributed by atoms with E-state index in [0.717, 1.165) is 0 Å². The molecule has 0 fully saturated rings. The fourth-order valence-electron chi connectivity index (χ4n) is 0.151. The van der Waals surface area contributed by atoms with Crippen molar-refractivity contribution in [3.63, 3.8) is 0 Å². The third-order valence-corrected chi connectivity index (χ3v) is 0.984. The molecule has 0 bridgehead atoms. The normalized spacial score (nSPS) is 14.3. The summed E-state index contributed by atoms with van der Waals surface area (Å²) in [5.41, 5.74) is 0. The lowest BCUT2D eigenvalue weighted by atomic mass is 11.3. The van der Waals surface area contributed by atoms with Gasteiger partial charge in [-0.2, -0.15) is 0 Å². The molecule has 0 aliphatic carbocycles. The van der Waals surface area contributed by atoms with Crippen molar-refractivity contribution in [1.82, 2.24) is 5.32 Å². The molecule has 0 saturated carbocycles. The van der Waals surface area contributed by atoms with E-state index in [9.17, 15) is 4.57 Å². The molecule has 0 aromatic heterocycles. The molecule has 1 unspecified atom stereocenters. The predicted octanol–water partition coefficient (Wildman–Crippen LogP) is -0.370. The molecule has 0 aromatic rings. The lowest BCUT2D eigenvalue weighted by molar-refractivity contribution is 0.499. The van der Waals surface area contributed by atoms with Gasteiger partial charge in [0.2, 0.25) is 8.03 Å². The highest BCUT2D eigenvalue weighted by Crippen LogP contribution is 2.06. The van der Waals surface area contributed by atoms with Crippen LogP contribution in [-0.4, -0.2) is 18.2 Å². The third kappa shape index (κ3) is 4.15. The van der Waals surface area contributed by atoms with Crippen LogP contribution in [0.25, 0.3) is 0 Å². The zero-order valence-corrected chi connectivity index (χ0v) is 4.56. The van der Waals surface area contributed by atoms with Crippen molar-refractivity contribution < 1.29 is 9.46 Å². The van der Waals surface area contributed by atoms with Gasteiger partial charge in [0.05, 0.1) is 6.29 Å². The van der Waals surface area contributed by atoms with Crippen LogP contribution >= 0.6 is 8.03 Å². The van der Waals surface area contributed by atoms with E-state index in [0.29, 0.717) is 0 Å². The fourth-order valence-corrected chi connectivity index (χ4v) is 0.454. The standard InChI is InChI=1S/C2H8NO2P/c1-3-2-6(4)5/h3,6H,2H2,1H3,(H,4,5). The van der Waals surface area contributed by atoms with Crippen LogP contribution in [-0.2, 0) is 4.57 Å². The molecule has 0 spiro atoms. The maximum Gasteiger partial charge on any atom is 0.202 e. The van der Waals surface area contributed by atoms with Crippen LogP contribution in [0.5, 0.6) is 0 Å². The Labute approximate surface area is 37.2 Å². The van der Waals surface area contributed by atoms with Gasteiger partial charge in [0.15, 0.2) is 0 Å². The average Bonchev–Trinajstić information content (AvgIpc) is 1.35. The number of hydrogen-bond acceptors (Lipinski definition) is 2. The second-order valence-electron chi connectivity index (χ2n) is 0.924. The summed E-state index contributed by atoms with van der Waals surface area (Å²) in [7, 11) is -0.609. The molecular formula is C2H8NO2P. The molecule has 0 radical (unpaired) electrons. The summed E-state index contributed by atoms with van der Waals surface area (Å²) in [5.74, 6) is 0. The Morgan fingerprint density at radius 2 is 2.50 bits per heavy atom. The van der Waals surface area contributed by atoms with E-state index < -0.39 is 8.03 Å². The topological polar surface area (TPSA) is 49.3 Å². The third-order valence-electron chi connectivity index (χ3n) is 0.328. The van der Waals surface area contributed by atoms with Gasteiger partial charge in [-0.1, -0.05) is 0 Å². The molecule has 0 amide bonds. The van der Waals surface area contributed by atoms with Gasteiger partial charge in [0.25, 0.3) is 0 Å². The Balaban J connectivity index is 2.83. The molecule has 0 aliphatic rings. The van der Waals surface area contributed by atoms with Crippen LogP contribution in [0.2, 0.25) is 0 Å². The maximum atomic E-state index is 9.72. The van der Waals surface area contributed by atoms with Crippen molar-refractivity contribution in [3.8, 4) is 0 Å². The van der Waals surface area contributed by atoms with Gasteiger partial charge in [0.1, 0.15) is 0 Å². The summed E-state index contributed by atoms with van der Waals surface area (Å²) >= 11 is 0. The Hall–Kier alpha value is 0.150. The molecule has 0 aromatic carbocycles. The van der Waals surface area contributed by atoms with Crippen LogP contribution in [0.3, 0.4) is 0 Å². The first-order valence-electron chi connectivity index (χ1n) is 1.63. The van der Waals surface area contributed by atoms with E-state index in [1.54, 1.807) is 7.05 Å². The quantitative estimate of drug-likeness (QED) is 0.475. The monoisotopic (exact) mass is 109 g/mol. The van der Waals surface area contributed by atoms with Crippen molar-refractivity contribution >= 4 is 8.03 Å². The summed E-state index contributed by atoms with van der Waals surface area (Å²) in [6, 6.07) is 0. The lowest BCUT2D eigenvalue weighted by Gasteiger charge is -1.86. The van der Waals surface area contributed by atoms with E-state index in [1.807, 2.05) is 0 Å². The predicted molar refractivity (Wildman–Crippen MR) is 25.1 cm³/mol. The van der Waals surface area contributed by atoms with E-state index in [-0.39, 0.29) is 6.29 Å². The summed E-state index contributed by atoms with van der Waals surface area (Å²) < 4.78 is 9.72. The van der Waals surface area contributed by atoms with Crippen molar-refractivity contribution in [2.24, 2.45) is 0 Å². The van der Waals surface area contributed by atoms with Gasteiger partial charge in [0, 0.05) is 0 Å². The number of nitrogens with one attached hydrogen (secondary N) is 1. The van der Waals surface area contributed by atoms with Crippen LogP contribution in [0.15, 0.2) is 0 Å². The maximum absolute atomic E-state index is 9.72. The highest BCUT2D eigenvalue weighted by atomic mass is 31.1. The first-order chi connectivity index (χ1) is 2.77. The van der Waals surface area contributed by atoms with Crippen LogP contribution in [0.1, 0.15) is 0 Å². The molecule has 2 N–H and O–H groups in total. The zero-order chi connectivity index (χ0) is 4.99. The van der Waals surface area contributed by atoms with E-state index in [2.05, 4.69) is 5.32 Å².